The first-order valence-corrected chi connectivity index (χ1v) is 8.12. The second-order valence-electron chi connectivity index (χ2n) is 4.73. The van der Waals surface area contributed by atoms with Gasteiger partial charge in [0, 0.05) is 39.5 Å². The Balaban J connectivity index is 1.91. The average molecular weight is 353 g/mol. The predicted molar refractivity (Wildman–Crippen MR) is 86.7 cm³/mol. The van der Waals surface area contributed by atoms with Crippen molar-refractivity contribution in [3.8, 4) is 0 Å². The van der Waals surface area contributed by atoms with Crippen LogP contribution in [0.4, 0.5) is 15.8 Å². The van der Waals surface area contributed by atoms with Crippen molar-refractivity contribution < 1.29 is 4.39 Å². The van der Waals surface area contributed by atoms with E-state index in [-0.39, 0.29) is 5.82 Å². The van der Waals surface area contributed by atoms with Crippen LogP contribution in [0, 0.1) is 5.82 Å². The van der Waals surface area contributed by atoms with Crippen molar-refractivity contribution in [1.82, 2.24) is 0 Å². The minimum Gasteiger partial charge on any atom is -0.399 e. The summed E-state index contributed by atoms with van der Waals surface area (Å²) in [6, 6.07) is 11.1. The molecule has 3 rings (SSSR count). The van der Waals surface area contributed by atoms with E-state index in [4.69, 9.17) is 5.73 Å². The lowest BCUT2D eigenvalue weighted by atomic mass is 10.1. The third-order valence-corrected chi connectivity index (χ3v) is 4.85. The molecule has 1 heterocycles. The fraction of sp³-hybridized carbons (Fsp3) is 0.200. The molecule has 0 aromatic heterocycles. The number of halogens is 2. The van der Waals surface area contributed by atoms with E-state index in [2.05, 4.69) is 20.8 Å². The Morgan fingerprint density at radius 3 is 2.90 bits per heavy atom. The Morgan fingerprint density at radius 1 is 1.25 bits per heavy atom. The molecule has 0 radical (unpaired) electrons. The molecule has 2 aromatic carbocycles. The van der Waals surface area contributed by atoms with Crippen molar-refractivity contribution in [2.45, 2.75) is 11.4 Å². The van der Waals surface area contributed by atoms with Gasteiger partial charge in [0.15, 0.2) is 0 Å². The van der Waals surface area contributed by atoms with Gasteiger partial charge in [-0.15, -0.1) is 11.8 Å². The highest BCUT2D eigenvalue weighted by Crippen LogP contribution is 2.37. The van der Waals surface area contributed by atoms with Crippen LogP contribution >= 0.6 is 27.7 Å². The first-order chi connectivity index (χ1) is 9.63. The molecule has 20 heavy (non-hydrogen) atoms. The SMILES string of the molecule is Nc1ccc2c(c1)N(Cc1ccc(Br)cc1F)CCS2. The van der Waals surface area contributed by atoms with Gasteiger partial charge in [0.1, 0.15) is 5.82 Å². The predicted octanol–water partition coefficient (Wildman–Crippen LogP) is 4.28. The Bertz CT molecular complexity index is 648. The highest BCUT2D eigenvalue weighted by atomic mass is 79.9. The summed E-state index contributed by atoms with van der Waals surface area (Å²) >= 11 is 5.10. The second kappa shape index (κ2) is 5.66. The minimum absolute atomic E-state index is 0.178. The van der Waals surface area contributed by atoms with Gasteiger partial charge in [-0.1, -0.05) is 22.0 Å². The number of benzene rings is 2. The van der Waals surface area contributed by atoms with Crippen LogP contribution in [0.2, 0.25) is 0 Å². The molecule has 2 nitrogen and oxygen atoms in total. The van der Waals surface area contributed by atoms with Crippen molar-refractivity contribution in [2.24, 2.45) is 0 Å². The molecule has 0 atom stereocenters. The number of nitrogens with zero attached hydrogens (tertiary/aromatic N) is 1. The number of anilines is 2. The van der Waals surface area contributed by atoms with E-state index < -0.39 is 0 Å². The zero-order chi connectivity index (χ0) is 14.1. The maximum atomic E-state index is 14.0. The van der Waals surface area contributed by atoms with Gasteiger partial charge in [0.25, 0.3) is 0 Å². The average Bonchev–Trinajstić information content (AvgIpc) is 2.42. The molecule has 104 valence electrons. The van der Waals surface area contributed by atoms with Gasteiger partial charge in [0.05, 0.1) is 5.69 Å². The lowest BCUT2D eigenvalue weighted by Crippen LogP contribution is -2.29. The van der Waals surface area contributed by atoms with Crippen LogP contribution in [0.3, 0.4) is 0 Å². The van der Waals surface area contributed by atoms with Gasteiger partial charge in [0.2, 0.25) is 0 Å². The first kappa shape index (κ1) is 13.8. The van der Waals surface area contributed by atoms with Crippen LogP contribution in [-0.2, 0) is 6.54 Å². The summed E-state index contributed by atoms with van der Waals surface area (Å²) in [7, 11) is 0. The van der Waals surface area contributed by atoms with Gasteiger partial charge in [-0.3, -0.25) is 0 Å². The van der Waals surface area contributed by atoms with E-state index in [1.807, 2.05) is 42.1 Å². The first-order valence-electron chi connectivity index (χ1n) is 6.35. The van der Waals surface area contributed by atoms with Crippen LogP contribution in [0.15, 0.2) is 45.8 Å². The zero-order valence-corrected chi connectivity index (χ0v) is 13.2. The number of thioether (sulfide) groups is 1. The molecule has 2 N–H and O–H groups in total. The number of rotatable bonds is 2. The summed E-state index contributed by atoms with van der Waals surface area (Å²) in [4.78, 5) is 3.40. The highest BCUT2D eigenvalue weighted by molar-refractivity contribution is 9.10. The van der Waals surface area contributed by atoms with E-state index in [0.717, 1.165) is 28.1 Å². The van der Waals surface area contributed by atoms with E-state index in [0.29, 0.717) is 12.1 Å². The lowest BCUT2D eigenvalue weighted by molar-refractivity contribution is 0.604. The Morgan fingerprint density at radius 2 is 2.10 bits per heavy atom. The van der Waals surface area contributed by atoms with Gasteiger partial charge >= 0.3 is 0 Å². The number of nitrogen functional groups attached to an aromatic ring is 1. The van der Waals surface area contributed by atoms with Gasteiger partial charge in [-0.05, 0) is 30.3 Å². The summed E-state index contributed by atoms with van der Waals surface area (Å²) < 4.78 is 14.7. The summed E-state index contributed by atoms with van der Waals surface area (Å²) in [5.74, 6) is 0.831. The van der Waals surface area contributed by atoms with Crippen molar-refractivity contribution in [1.29, 1.82) is 0 Å². The van der Waals surface area contributed by atoms with E-state index in [1.165, 1.54) is 11.0 Å². The second-order valence-corrected chi connectivity index (χ2v) is 6.79. The number of hydrogen-bond donors (Lipinski definition) is 1. The third kappa shape index (κ3) is 2.79. The van der Waals surface area contributed by atoms with Gasteiger partial charge in [-0.2, -0.15) is 0 Å². The van der Waals surface area contributed by atoms with Crippen LogP contribution in [0.25, 0.3) is 0 Å². The van der Waals surface area contributed by atoms with E-state index in [1.54, 1.807) is 0 Å². The van der Waals surface area contributed by atoms with Gasteiger partial charge < -0.3 is 10.6 Å². The van der Waals surface area contributed by atoms with Crippen LogP contribution < -0.4 is 10.6 Å². The third-order valence-electron chi connectivity index (χ3n) is 3.32. The van der Waals surface area contributed by atoms with E-state index >= 15 is 0 Å². The Kier molecular flexibility index (Phi) is 3.89. The quantitative estimate of drug-likeness (QED) is 0.817. The number of hydrogen-bond acceptors (Lipinski definition) is 3. The summed E-state index contributed by atoms with van der Waals surface area (Å²) in [5.41, 5.74) is 8.42. The minimum atomic E-state index is -0.178. The molecule has 0 amide bonds. The Hall–Kier alpha value is -1.20. The lowest BCUT2D eigenvalue weighted by Gasteiger charge is -2.31. The molecule has 0 bridgehead atoms. The molecule has 0 fully saturated rings. The molecule has 0 saturated carbocycles. The van der Waals surface area contributed by atoms with Crippen molar-refractivity contribution in [3.63, 3.8) is 0 Å². The molecule has 0 unspecified atom stereocenters. The fourth-order valence-electron chi connectivity index (χ4n) is 2.31. The topological polar surface area (TPSA) is 29.3 Å². The highest BCUT2D eigenvalue weighted by Gasteiger charge is 2.18. The maximum Gasteiger partial charge on any atom is 0.129 e. The molecule has 0 saturated heterocycles. The van der Waals surface area contributed by atoms with Crippen molar-refractivity contribution in [3.05, 3.63) is 52.3 Å². The molecule has 2 aromatic rings. The van der Waals surface area contributed by atoms with Gasteiger partial charge in [-0.25, -0.2) is 4.39 Å². The summed E-state index contributed by atoms with van der Waals surface area (Å²) in [6.07, 6.45) is 0. The summed E-state index contributed by atoms with van der Waals surface area (Å²) in [6.45, 7) is 1.47. The van der Waals surface area contributed by atoms with E-state index in [9.17, 15) is 4.39 Å². The van der Waals surface area contributed by atoms with Crippen molar-refractivity contribution in [2.75, 3.05) is 22.9 Å². The van der Waals surface area contributed by atoms with Crippen LogP contribution in [-0.4, -0.2) is 12.3 Å². The fourth-order valence-corrected chi connectivity index (χ4v) is 3.67. The summed E-state index contributed by atoms with van der Waals surface area (Å²) in [5, 5.41) is 0. The molecule has 0 aliphatic carbocycles. The number of nitrogens with two attached hydrogens (primary N) is 1. The monoisotopic (exact) mass is 352 g/mol. The normalized spacial score (nSPS) is 14.2. The Labute approximate surface area is 130 Å². The van der Waals surface area contributed by atoms with Crippen LogP contribution in [0.5, 0.6) is 0 Å². The smallest absolute Gasteiger partial charge is 0.129 e. The molecule has 0 spiro atoms. The molecule has 5 heteroatoms. The van der Waals surface area contributed by atoms with Crippen LogP contribution in [0.1, 0.15) is 5.56 Å². The largest absolute Gasteiger partial charge is 0.399 e. The zero-order valence-electron chi connectivity index (χ0n) is 10.8. The molecular formula is C15H14BrFN2S. The molecule has 1 aliphatic heterocycles. The maximum absolute atomic E-state index is 14.0. The number of fused-ring (bicyclic) bond motifs is 1. The standard InChI is InChI=1S/C15H14BrFN2S/c16-11-2-1-10(13(17)7-11)9-19-5-6-20-15-4-3-12(18)8-14(15)19/h1-4,7-8H,5-6,9,18H2. The molecular weight excluding hydrogens is 339 g/mol. The van der Waals surface area contributed by atoms with Crippen molar-refractivity contribution >= 4 is 39.1 Å². The molecule has 1 aliphatic rings.